The van der Waals surface area contributed by atoms with Gasteiger partial charge in [0.1, 0.15) is 0 Å². The first-order valence-corrected chi connectivity index (χ1v) is 6.89. The highest BCUT2D eigenvalue weighted by molar-refractivity contribution is 7.99. The van der Waals surface area contributed by atoms with Crippen LogP contribution in [-0.2, 0) is 12.2 Å². The lowest BCUT2D eigenvalue weighted by molar-refractivity contribution is 0.364. The summed E-state index contributed by atoms with van der Waals surface area (Å²) in [5.74, 6) is 2.26. The molecule has 1 aromatic rings. The second-order valence-corrected chi connectivity index (χ2v) is 5.43. The van der Waals surface area contributed by atoms with Gasteiger partial charge in [-0.05, 0) is 12.8 Å². The maximum absolute atomic E-state index is 5.82. The van der Waals surface area contributed by atoms with E-state index in [1.165, 1.54) is 0 Å². The molecule has 0 fully saturated rings. The summed E-state index contributed by atoms with van der Waals surface area (Å²) in [6, 6.07) is 0.121. The van der Waals surface area contributed by atoms with Crippen LogP contribution in [0.5, 0.6) is 0 Å². The van der Waals surface area contributed by atoms with Gasteiger partial charge in [-0.2, -0.15) is 16.7 Å². The maximum atomic E-state index is 5.82. The molecule has 2 N–H and O–H groups in total. The van der Waals surface area contributed by atoms with Gasteiger partial charge < -0.3 is 10.3 Å². The lowest BCUT2D eigenvalue weighted by Gasteiger charge is -2.04. The van der Waals surface area contributed by atoms with E-state index in [1.54, 1.807) is 0 Å². The van der Waals surface area contributed by atoms with Crippen LogP contribution in [0, 0.1) is 0 Å². The van der Waals surface area contributed by atoms with E-state index in [0.29, 0.717) is 17.6 Å². The highest BCUT2D eigenvalue weighted by Gasteiger charge is 2.10. The summed E-state index contributed by atoms with van der Waals surface area (Å²) < 4.78 is 5.15. The van der Waals surface area contributed by atoms with Gasteiger partial charge in [-0.1, -0.05) is 25.9 Å². The number of hydrogen-bond donors (Lipinski definition) is 1. The van der Waals surface area contributed by atoms with Crippen LogP contribution in [0.1, 0.15) is 45.3 Å². The molecule has 0 amide bonds. The molecule has 0 aliphatic heterocycles. The standard InChI is InChI=1S/C11H21N3OS/c1-4-8(3)16-7-10-13-11(15-14-10)6-9(12)5-2/h8-9H,4-7,12H2,1-3H3. The van der Waals surface area contributed by atoms with Crippen LogP contribution < -0.4 is 5.73 Å². The molecule has 16 heavy (non-hydrogen) atoms. The van der Waals surface area contributed by atoms with Crippen molar-refractivity contribution in [1.82, 2.24) is 10.1 Å². The molecule has 0 spiro atoms. The van der Waals surface area contributed by atoms with Crippen molar-refractivity contribution in [3.63, 3.8) is 0 Å². The Hall–Kier alpha value is -0.550. The number of hydrogen-bond acceptors (Lipinski definition) is 5. The Balaban J connectivity index is 2.39. The van der Waals surface area contributed by atoms with Gasteiger partial charge in [-0.3, -0.25) is 0 Å². The zero-order chi connectivity index (χ0) is 12.0. The predicted octanol–water partition coefficient (Wildman–Crippen LogP) is 2.38. The van der Waals surface area contributed by atoms with Crippen LogP contribution in [0.4, 0.5) is 0 Å². The zero-order valence-electron chi connectivity index (χ0n) is 10.3. The van der Waals surface area contributed by atoms with E-state index in [-0.39, 0.29) is 6.04 Å². The summed E-state index contributed by atoms with van der Waals surface area (Å²) in [7, 11) is 0. The molecule has 0 bridgehead atoms. The molecule has 5 heteroatoms. The van der Waals surface area contributed by atoms with Crippen molar-refractivity contribution in [2.75, 3.05) is 0 Å². The van der Waals surface area contributed by atoms with Crippen molar-refractivity contribution in [3.05, 3.63) is 11.7 Å². The van der Waals surface area contributed by atoms with Crippen molar-refractivity contribution in [1.29, 1.82) is 0 Å². The molecule has 2 unspecified atom stereocenters. The van der Waals surface area contributed by atoms with Gasteiger partial charge in [-0.15, -0.1) is 0 Å². The van der Waals surface area contributed by atoms with Crippen molar-refractivity contribution < 1.29 is 4.52 Å². The largest absolute Gasteiger partial charge is 0.339 e. The SMILES string of the molecule is CCC(N)Cc1nc(CSC(C)CC)no1. The summed E-state index contributed by atoms with van der Waals surface area (Å²) >= 11 is 1.85. The third kappa shape index (κ3) is 4.53. The van der Waals surface area contributed by atoms with Gasteiger partial charge in [0.2, 0.25) is 5.89 Å². The maximum Gasteiger partial charge on any atom is 0.228 e. The molecule has 1 rings (SSSR count). The van der Waals surface area contributed by atoms with Gasteiger partial charge in [0.25, 0.3) is 0 Å². The Labute approximate surface area is 101 Å². The Morgan fingerprint density at radius 2 is 2.12 bits per heavy atom. The van der Waals surface area contributed by atoms with Gasteiger partial charge in [0, 0.05) is 17.7 Å². The van der Waals surface area contributed by atoms with E-state index in [2.05, 4.69) is 30.9 Å². The Bertz CT molecular complexity index is 303. The van der Waals surface area contributed by atoms with Crippen LogP contribution in [0.3, 0.4) is 0 Å². The fraction of sp³-hybridized carbons (Fsp3) is 0.818. The zero-order valence-corrected chi connectivity index (χ0v) is 11.1. The number of aromatic nitrogens is 2. The first kappa shape index (κ1) is 13.5. The molecular formula is C11H21N3OS. The fourth-order valence-corrected chi connectivity index (χ4v) is 1.92. The third-order valence-electron chi connectivity index (χ3n) is 2.54. The predicted molar refractivity (Wildman–Crippen MR) is 67.3 cm³/mol. The minimum Gasteiger partial charge on any atom is -0.339 e. The molecule has 0 aromatic carbocycles. The van der Waals surface area contributed by atoms with Crippen LogP contribution in [0.2, 0.25) is 0 Å². The number of thioether (sulfide) groups is 1. The number of nitrogens with zero attached hydrogens (tertiary/aromatic N) is 2. The summed E-state index contributed by atoms with van der Waals surface area (Å²) in [6.45, 7) is 6.44. The Morgan fingerprint density at radius 3 is 2.75 bits per heavy atom. The highest BCUT2D eigenvalue weighted by atomic mass is 32.2. The van der Waals surface area contributed by atoms with Crippen molar-refractivity contribution >= 4 is 11.8 Å². The van der Waals surface area contributed by atoms with Gasteiger partial charge in [0.05, 0.1) is 5.75 Å². The van der Waals surface area contributed by atoms with E-state index in [1.807, 2.05) is 11.8 Å². The second-order valence-electron chi connectivity index (χ2n) is 4.01. The first-order chi connectivity index (χ1) is 7.65. The quantitative estimate of drug-likeness (QED) is 0.796. The van der Waals surface area contributed by atoms with Crippen LogP contribution >= 0.6 is 11.8 Å². The summed E-state index contributed by atoms with van der Waals surface area (Å²) in [5, 5.41) is 4.59. The van der Waals surface area contributed by atoms with Gasteiger partial charge in [0.15, 0.2) is 5.82 Å². The minimum atomic E-state index is 0.121. The van der Waals surface area contributed by atoms with Crippen LogP contribution in [-0.4, -0.2) is 21.4 Å². The molecule has 0 aliphatic carbocycles. The molecule has 92 valence electrons. The van der Waals surface area contributed by atoms with E-state index in [0.717, 1.165) is 24.4 Å². The lowest BCUT2D eigenvalue weighted by atomic mass is 10.2. The molecular weight excluding hydrogens is 222 g/mol. The normalized spacial score (nSPS) is 15.0. The summed E-state index contributed by atoms with van der Waals surface area (Å²) in [6.07, 6.45) is 2.77. The van der Waals surface area contributed by atoms with Gasteiger partial charge >= 0.3 is 0 Å². The number of rotatable bonds is 7. The van der Waals surface area contributed by atoms with Crippen molar-refractivity contribution in [3.8, 4) is 0 Å². The summed E-state index contributed by atoms with van der Waals surface area (Å²) in [5.41, 5.74) is 5.82. The fourth-order valence-electron chi connectivity index (χ4n) is 1.13. The molecule has 0 aliphatic rings. The molecule has 0 saturated heterocycles. The molecule has 1 heterocycles. The van der Waals surface area contributed by atoms with E-state index >= 15 is 0 Å². The average molecular weight is 243 g/mol. The van der Waals surface area contributed by atoms with Gasteiger partial charge in [-0.25, -0.2) is 0 Å². The first-order valence-electron chi connectivity index (χ1n) is 5.84. The van der Waals surface area contributed by atoms with Crippen LogP contribution in [0.15, 0.2) is 4.52 Å². The summed E-state index contributed by atoms with van der Waals surface area (Å²) in [4.78, 5) is 4.33. The van der Waals surface area contributed by atoms with E-state index in [9.17, 15) is 0 Å². The van der Waals surface area contributed by atoms with E-state index in [4.69, 9.17) is 10.3 Å². The Morgan fingerprint density at radius 1 is 1.38 bits per heavy atom. The molecule has 0 radical (unpaired) electrons. The van der Waals surface area contributed by atoms with Crippen molar-refractivity contribution in [2.45, 2.75) is 57.1 Å². The molecule has 1 aromatic heterocycles. The average Bonchev–Trinajstić information content (AvgIpc) is 2.73. The second kappa shape index (κ2) is 6.91. The van der Waals surface area contributed by atoms with E-state index < -0.39 is 0 Å². The molecule has 2 atom stereocenters. The minimum absolute atomic E-state index is 0.121. The third-order valence-corrected chi connectivity index (χ3v) is 3.87. The van der Waals surface area contributed by atoms with Crippen LogP contribution in [0.25, 0.3) is 0 Å². The highest BCUT2D eigenvalue weighted by Crippen LogP contribution is 2.18. The van der Waals surface area contributed by atoms with Crippen molar-refractivity contribution in [2.24, 2.45) is 5.73 Å². The topological polar surface area (TPSA) is 64.9 Å². The Kier molecular flexibility index (Phi) is 5.84. The monoisotopic (exact) mass is 243 g/mol. The molecule has 4 nitrogen and oxygen atoms in total. The number of nitrogens with two attached hydrogens (primary N) is 1. The lowest BCUT2D eigenvalue weighted by Crippen LogP contribution is -2.21. The smallest absolute Gasteiger partial charge is 0.228 e. The molecule has 0 saturated carbocycles.